The van der Waals surface area contributed by atoms with Crippen LogP contribution in [-0.2, 0) is 13.1 Å². The summed E-state index contributed by atoms with van der Waals surface area (Å²) in [6.45, 7) is 5.82. The first-order chi connectivity index (χ1) is 13.6. The third-order valence-corrected chi connectivity index (χ3v) is 4.00. The Morgan fingerprint density at radius 3 is 2.41 bits per heavy atom. The van der Waals surface area contributed by atoms with Crippen LogP contribution in [0, 0.1) is 5.82 Å². The molecule has 0 heterocycles. The zero-order chi connectivity index (χ0) is 20.4. The van der Waals surface area contributed by atoms with E-state index in [-0.39, 0.29) is 35.5 Å². The van der Waals surface area contributed by atoms with Crippen LogP contribution < -0.4 is 24.8 Å². The summed E-state index contributed by atoms with van der Waals surface area (Å²) in [5, 5.41) is 6.45. The van der Waals surface area contributed by atoms with Gasteiger partial charge in [-0.25, -0.2) is 9.38 Å². The van der Waals surface area contributed by atoms with Crippen molar-refractivity contribution in [1.29, 1.82) is 0 Å². The molecule has 0 radical (unpaired) electrons. The Morgan fingerprint density at radius 1 is 1.00 bits per heavy atom. The van der Waals surface area contributed by atoms with E-state index in [2.05, 4.69) is 15.6 Å². The van der Waals surface area contributed by atoms with Gasteiger partial charge in [-0.15, -0.1) is 24.0 Å². The number of aliphatic imine (C=N–C) groups is 1. The van der Waals surface area contributed by atoms with E-state index in [9.17, 15) is 4.39 Å². The van der Waals surface area contributed by atoms with Crippen molar-refractivity contribution in [2.75, 3.05) is 27.4 Å². The van der Waals surface area contributed by atoms with Gasteiger partial charge in [0.15, 0.2) is 17.5 Å². The maximum absolute atomic E-state index is 14.0. The van der Waals surface area contributed by atoms with Gasteiger partial charge in [0.25, 0.3) is 0 Å². The molecule has 8 heteroatoms. The van der Waals surface area contributed by atoms with E-state index in [1.807, 2.05) is 38.1 Å². The van der Waals surface area contributed by atoms with Crippen molar-refractivity contribution in [3.05, 3.63) is 53.3 Å². The molecule has 0 atom stereocenters. The topological polar surface area (TPSA) is 64.1 Å². The second kappa shape index (κ2) is 13.1. The molecule has 0 unspecified atom stereocenters. The monoisotopic (exact) mass is 517 g/mol. The third kappa shape index (κ3) is 7.60. The highest BCUT2D eigenvalue weighted by atomic mass is 127. The molecule has 0 amide bonds. The average Bonchev–Trinajstić information content (AvgIpc) is 2.71. The molecule has 0 spiro atoms. The first-order valence-electron chi connectivity index (χ1n) is 9.25. The van der Waals surface area contributed by atoms with Gasteiger partial charge in [0.1, 0.15) is 11.5 Å². The second-order valence-electron chi connectivity index (χ2n) is 5.92. The van der Waals surface area contributed by atoms with Crippen LogP contribution >= 0.6 is 24.0 Å². The number of nitrogens with zero attached hydrogens (tertiary/aromatic N) is 1. The van der Waals surface area contributed by atoms with Gasteiger partial charge in [0.05, 0.1) is 27.4 Å². The molecule has 0 aromatic heterocycles. The maximum atomic E-state index is 14.0. The Labute approximate surface area is 188 Å². The molecule has 0 saturated carbocycles. The van der Waals surface area contributed by atoms with Crippen molar-refractivity contribution < 1.29 is 18.6 Å². The summed E-state index contributed by atoms with van der Waals surface area (Å²) < 4.78 is 29.9. The van der Waals surface area contributed by atoms with Crippen LogP contribution in [0.25, 0.3) is 0 Å². The van der Waals surface area contributed by atoms with E-state index in [1.165, 1.54) is 6.07 Å². The number of ether oxygens (including phenoxy) is 3. The number of hydrogen-bond acceptors (Lipinski definition) is 4. The predicted octanol–water partition coefficient (Wildman–Crippen LogP) is 4.11. The number of halogens is 2. The Morgan fingerprint density at radius 2 is 1.79 bits per heavy atom. The van der Waals surface area contributed by atoms with Gasteiger partial charge in [-0.2, -0.15) is 0 Å². The van der Waals surface area contributed by atoms with E-state index in [0.29, 0.717) is 32.2 Å². The lowest BCUT2D eigenvalue weighted by Gasteiger charge is -2.14. The van der Waals surface area contributed by atoms with E-state index in [0.717, 1.165) is 22.6 Å². The summed E-state index contributed by atoms with van der Waals surface area (Å²) in [7, 11) is 3.24. The molecular weight excluding hydrogens is 488 g/mol. The minimum Gasteiger partial charge on any atom is -0.497 e. The van der Waals surface area contributed by atoms with Crippen LogP contribution in [-0.4, -0.2) is 33.3 Å². The quantitative estimate of drug-likeness (QED) is 0.298. The number of hydrogen-bond donors (Lipinski definition) is 2. The number of nitrogens with one attached hydrogen (secondary N) is 2. The van der Waals surface area contributed by atoms with Crippen LogP contribution in [0.2, 0.25) is 0 Å². The Kier molecular flexibility index (Phi) is 11.2. The van der Waals surface area contributed by atoms with Crippen molar-refractivity contribution in [1.82, 2.24) is 10.6 Å². The van der Waals surface area contributed by atoms with Gasteiger partial charge in [0.2, 0.25) is 0 Å². The molecular formula is C21H29FIN3O3. The average molecular weight is 517 g/mol. The van der Waals surface area contributed by atoms with E-state index in [1.54, 1.807) is 20.3 Å². The molecule has 0 fully saturated rings. The first-order valence-corrected chi connectivity index (χ1v) is 9.25. The molecule has 0 aliphatic carbocycles. The fourth-order valence-corrected chi connectivity index (χ4v) is 2.60. The van der Waals surface area contributed by atoms with Crippen molar-refractivity contribution in [3.63, 3.8) is 0 Å². The molecule has 160 valence electrons. The van der Waals surface area contributed by atoms with Crippen LogP contribution in [0.15, 0.2) is 41.4 Å². The fourth-order valence-electron chi connectivity index (χ4n) is 2.60. The summed E-state index contributed by atoms with van der Waals surface area (Å²) >= 11 is 0. The molecule has 0 aliphatic rings. The molecule has 0 aliphatic heterocycles. The zero-order valence-corrected chi connectivity index (χ0v) is 19.6. The lowest BCUT2D eigenvalue weighted by atomic mass is 10.2. The second-order valence-corrected chi connectivity index (χ2v) is 5.92. The highest BCUT2D eigenvalue weighted by Crippen LogP contribution is 2.24. The van der Waals surface area contributed by atoms with E-state index in [4.69, 9.17) is 14.2 Å². The number of benzene rings is 2. The zero-order valence-electron chi connectivity index (χ0n) is 17.3. The Balaban J connectivity index is 0.00000420. The Bertz CT molecular complexity index is 803. The molecule has 2 aromatic rings. The van der Waals surface area contributed by atoms with Crippen molar-refractivity contribution in [3.8, 4) is 17.2 Å². The highest BCUT2D eigenvalue weighted by Gasteiger charge is 2.07. The number of guanidine groups is 1. The summed E-state index contributed by atoms with van der Waals surface area (Å²) in [6.07, 6.45) is 0. The minimum absolute atomic E-state index is 0. The smallest absolute Gasteiger partial charge is 0.191 e. The molecule has 2 aromatic carbocycles. The van der Waals surface area contributed by atoms with Gasteiger partial charge in [-0.05, 0) is 43.7 Å². The summed E-state index contributed by atoms with van der Waals surface area (Å²) in [6, 6.07) is 10.6. The molecule has 2 N–H and O–H groups in total. The normalized spacial score (nSPS) is 10.7. The predicted molar refractivity (Wildman–Crippen MR) is 124 cm³/mol. The van der Waals surface area contributed by atoms with Gasteiger partial charge in [-0.1, -0.05) is 6.07 Å². The molecule has 29 heavy (non-hydrogen) atoms. The lowest BCUT2D eigenvalue weighted by molar-refractivity contribution is 0.321. The van der Waals surface area contributed by atoms with E-state index < -0.39 is 0 Å². The third-order valence-electron chi connectivity index (χ3n) is 4.00. The van der Waals surface area contributed by atoms with Crippen molar-refractivity contribution >= 4 is 29.9 Å². The first kappa shape index (κ1) is 24.8. The van der Waals surface area contributed by atoms with Gasteiger partial charge >= 0.3 is 0 Å². The van der Waals surface area contributed by atoms with Crippen LogP contribution in [0.1, 0.15) is 25.0 Å². The van der Waals surface area contributed by atoms with Crippen LogP contribution in [0.3, 0.4) is 0 Å². The van der Waals surface area contributed by atoms with Crippen LogP contribution in [0.4, 0.5) is 4.39 Å². The van der Waals surface area contributed by atoms with Crippen molar-refractivity contribution in [2.45, 2.75) is 26.9 Å². The number of rotatable bonds is 9. The summed E-state index contributed by atoms with van der Waals surface area (Å²) in [5.41, 5.74) is 1.74. The molecule has 2 rings (SSSR count). The molecule has 0 saturated heterocycles. The standard InChI is InChI=1S/C21H28FN3O3.HI/c1-5-23-21(24-13-15-7-10-19(28-6-2)18(22)11-15)25-14-16-8-9-17(26-3)12-20(16)27-4;/h7-12H,5-6,13-14H2,1-4H3,(H2,23,24,25);1H. The lowest BCUT2D eigenvalue weighted by Crippen LogP contribution is -2.36. The van der Waals surface area contributed by atoms with Crippen molar-refractivity contribution in [2.24, 2.45) is 4.99 Å². The highest BCUT2D eigenvalue weighted by molar-refractivity contribution is 14.0. The van der Waals surface area contributed by atoms with Gasteiger partial charge < -0.3 is 24.8 Å². The SMILES string of the molecule is CCNC(=NCc1ccc(OCC)c(F)c1)NCc1ccc(OC)cc1OC.I. The fraction of sp³-hybridized carbons (Fsp3) is 0.381. The Hall–Kier alpha value is -2.23. The molecule has 6 nitrogen and oxygen atoms in total. The van der Waals surface area contributed by atoms with E-state index >= 15 is 0 Å². The largest absolute Gasteiger partial charge is 0.497 e. The molecule has 0 bridgehead atoms. The maximum Gasteiger partial charge on any atom is 0.191 e. The number of methoxy groups -OCH3 is 2. The minimum atomic E-state index is -0.379. The van der Waals surface area contributed by atoms with Crippen LogP contribution in [0.5, 0.6) is 17.2 Å². The summed E-state index contributed by atoms with van der Waals surface area (Å²) in [5.74, 6) is 1.98. The van der Waals surface area contributed by atoms with Gasteiger partial charge in [0, 0.05) is 24.7 Å². The van der Waals surface area contributed by atoms with Gasteiger partial charge in [-0.3, -0.25) is 0 Å². The summed E-state index contributed by atoms with van der Waals surface area (Å²) in [4.78, 5) is 4.53.